The van der Waals surface area contributed by atoms with Gasteiger partial charge in [-0.3, -0.25) is 9.52 Å². The van der Waals surface area contributed by atoms with Crippen LogP contribution in [0.15, 0.2) is 35.4 Å². The van der Waals surface area contributed by atoms with Gasteiger partial charge in [-0.05, 0) is 49.4 Å². The highest BCUT2D eigenvalue weighted by atomic mass is 32.2. The predicted molar refractivity (Wildman–Crippen MR) is 85.0 cm³/mol. The van der Waals surface area contributed by atoms with Crippen molar-refractivity contribution in [3.8, 4) is 0 Å². The number of benzene rings is 1. The van der Waals surface area contributed by atoms with Crippen LogP contribution >= 0.6 is 0 Å². The van der Waals surface area contributed by atoms with Gasteiger partial charge in [-0.1, -0.05) is 0 Å². The van der Waals surface area contributed by atoms with Crippen molar-refractivity contribution >= 4 is 21.6 Å². The van der Waals surface area contributed by atoms with E-state index in [1.807, 2.05) is 0 Å². The third-order valence-corrected chi connectivity index (χ3v) is 5.69. The molecule has 1 aromatic carbocycles. The van der Waals surface area contributed by atoms with Crippen molar-refractivity contribution in [2.24, 2.45) is 0 Å². The predicted octanol–water partition coefficient (Wildman–Crippen LogP) is 2.54. The van der Waals surface area contributed by atoms with Crippen LogP contribution in [0.3, 0.4) is 0 Å². The molecule has 1 N–H and O–H groups in total. The van der Waals surface area contributed by atoms with Crippen molar-refractivity contribution in [1.29, 1.82) is 0 Å². The summed E-state index contributed by atoms with van der Waals surface area (Å²) in [6.07, 6.45) is 5.70. The first kappa shape index (κ1) is 14.4. The van der Waals surface area contributed by atoms with E-state index in [1.54, 1.807) is 29.1 Å². The normalized spacial score (nSPS) is 17.8. The fourth-order valence-electron chi connectivity index (χ4n) is 2.99. The Kier molecular flexibility index (Phi) is 3.26. The van der Waals surface area contributed by atoms with Crippen LogP contribution in [0.4, 0.5) is 5.82 Å². The van der Waals surface area contributed by atoms with Crippen LogP contribution < -0.4 is 4.72 Å². The number of carbonyl (C=O) groups is 1. The SMILES string of the molecule is O=C1CCCc2cc(S(=O)(=O)Nc3ccnn3C3CC3)ccc21. The molecule has 0 atom stereocenters. The second kappa shape index (κ2) is 5.19. The molecule has 0 bridgehead atoms. The maximum Gasteiger partial charge on any atom is 0.263 e. The third kappa shape index (κ3) is 2.65. The Hall–Kier alpha value is -2.15. The first-order valence-electron chi connectivity index (χ1n) is 7.77. The summed E-state index contributed by atoms with van der Waals surface area (Å²) < 4.78 is 29.6. The summed E-state index contributed by atoms with van der Waals surface area (Å²) in [5.74, 6) is 0.580. The molecule has 2 aliphatic rings. The average molecular weight is 331 g/mol. The molecule has 4 rings (SSSR count). The topological polar surface area (TPSA) is 81.1 Å². The lowest BCUT2D eigenvalue weighted by Crippen LogP contribution is -2.18. The van der Waals surface area contributed by atoms with Crippen LogP contribution in [-0.4, -0.2) is 24.0 Å². The van der Waals surface area contributed by atoms with Gasteiger partial charge in [0.15, 0.2) is 5.78 Å². The zero-order chi connectivity index (χ0) is 16.0. The zero-order valence-electron chi connectivity index (χ0n) is 12.5. The number of aryl methyl sites for hydroxylation is 1. The Balaban J connectivity index is 1.66. The number of carbonyl (C=O) groups excluding carboxylic acids is 1. The number of fused-ring (bicyclic) bond motifs is 1. The Morgan fingerprint density at radius 3 is 2.78 bits per heavy atom. The molecular formula is C16H17N3O3S. The number of Topliss-reactive ketones (excluding diaryl/α,β-unsaturated/α-hetero) is 1. The average Bonchev–Trinajstić information content (AvgIpc) is 3.27. The Morgan fingerprint density at radius 1 is 1.17 bits per heavy atom. The molecule has 23 heavy (non-hydrogen) atoms. The van der Waals surface area contributed by atoms with Gasteiger partial charge >= 0.3 is 0 Å². The molecule has 1 saturated carbocycles. The molecule has 1 fully saturated rings. The van der Waals surface area contributed by atoms with E-state index in [0.29, 0.717) is 23.8 Å². The van der Waals surface area contributed by atoms with Crippen LogP contribution in [0, 0.1) is 0 Å². The van der Waals surface area contributed by atoms with Crippen molar-refractivity contribution in [2.45, 2.75) is 43.0 Å². The van der Waals surface area contributed by atoms with Gasteiger partial charge in [0.25, 0.3) is 10.0 Å². The molecule has 0 radical (unpaired) electrons. The minimum atomic E-state index is -3.68. The Morgan fingerprint density at radius 2 is 2.00 bits per heavy atom. The minimum absolute atomic E-state index is 0.0926. The standard InChI is InChI=1S/C16H17N3O3S/c20-15-3-1-2-11-10-13(6-7-14(11)15)23(21,22)18-16-8-9-17-19(16)12-4-5-12/h6-10,12,18H,1-5H2. The molecule has 0 spiro atoms. The highest BCUT2D eigenvalue weighted by molar-refractivity contribution is 7.92. The van der Waals surface area contributed by atoms with Gasteiger partial charge < -0.3 is 0 Å². The first-order valence-corrected chi connectivity index (χ1v) is 9.25. The van der Waals surface area contributed by atoms with Crippen molar-refractivity contribution in [3.05, 3.63) is 41.6 Å². The van der Waals surface area contributed by atoms with E-state index < -0.39 is 10.0 Å². The number of hydrogen-bond acceptors (Lipinski definition) is 4. The molecule has 1 aromatic heterocycles. The largest absolute Gasteiger partial charge is 0.294 e. The first-order chi connectivity index (χ1) is 11.0. The summed E-state index contributed by atoms with van der Waals surface area (Å²) in [6, 6.07) is 6.71. The van der Waals surface area contributed by atoms with Gasteiger partial charge in [-0.2, -0.15) is 5.10 Å². The summed E-state index contributed by atoms with van der Waals surface area (Å²) >= 11 is 0. The van der Waals surface area contributed by atoms with E-state index in [2.05, 4.69) is 9.82 Å². The van der Waals surface area contributed by atoms with Crippen molar-refractivity contribution in [2.75, 3.05) is 4.72 Å². The minimum Gasteiger partial charge on any atom is -0.294 e. The maximum absolute atomic E-state index is 12.6. The lowest BCUT2D eigenvalue weighted by atomic mass is 9.91. The van der Waals surface area contributed by atoms with E-state index in [4.69, 9.17) is 0 Å². The molecule has 2 aliphatic carbocycles. The summed E-state index contributed by atoms with van der Waals surface area (Å²) in [5, 5.41) is 4.18. The number of rotatable bonds is 4. The number of nitrogens with one attached hydrogen (secondary N) is 1. The Bertz CT molecular complexity index is 882. The number of sulfonamides is 1. The van der Waals surface area contributed by atoms with Crippen LogP contribution in [0.5, 0.6) is 0 Å². The highest BCUT2D eigenvalue weighted by Crippen LogP contribution is 2.37. The van der Waals surface area contributed by atoms with E-state index >= 15 is 0 Å². The maximum atomic E-state index is 12.6. The fraction of sp³-hybridized carbons (Fsp3) is 0.375. The summed E-state index contributed by atoms with van der Waals surface area (Å²) in [6.45, 7) is 0. The summed E-state index contributed by atoms with van der Waals surface area (Å²) in [4.78, 5) is 12.0. The van der Waals surface area contributed by atoms with Gasteiger partial charge in [0.05, 0.1) is 17.1 Å². The molecule has 120 valence electrons. The van der Waals surface area contributed by atoms with E-state index in [0.717, 1.165) is 31.2 Å². The lowest BCUT2D eigenvalue weighted by molar-refractivity contribution is 0.0972. The number of aromatic nitrogens is 2. The summed E-state index contributed by atoms with van der Waals surface area (Å²) in [7, 11) is -3.68. The van der Waals surface area contributed by atoms with Gasteiger partial charge in [0, 0.05) is 18.1 Å². The van der Waals surface area contributed by atoms with Crippen LogP contribution in [0.25, 0.3) is 0 Å². The third-order valence-electron chi connectivity index (χ3n) is 4.34. The smallest absolute Gasteiger partial charge is 0.263 e. The molecule has 0 amide bonds. The second-order valence-corrected chi connectivity index (χ2v) is 7.78. The molecule has 0 aliphatic heterocycles. The van der Waals surface area contributed by atoms with E-state index in [9.17, 15) is 13.2 Å². The Labute approximate surface area is 134 Å². The number of anilines is 1. The summed E-state index contributed by atoms with van der Waals surface area (Å²) in [5.41, 5.74) is 1.47. The van der Waals surface area contributed by atoms with Crippen LogP contribution in [-0.2, 0) is 16.4 Å². The molecule has 2 aromatic rings. The van der Waals surface area contributed by atoms with Gasteiger partial charge in [0.2, 0.25) is 0 Å². The van der Waals surface area contributed by atoms with Gasteiger partial charge in [0.1, 0.15) is 5.82 Å². The van der Waals surface area contributed by atoms with Crippen molar-refractivity contribution < 1.29 is 13.2 Å². The van der Waals surface area contributed by atoms with E-state index in [1.165, 1.54) is 6.07 Å². The van der Waals surface area contributed by atoms with Crippen LogP contribution in [0.1, 0.15) is 47.6 Å². The number of ketones is 1. The lowest BCUT2D eigenvalue weighted by Gasteiger charge is -2.16. The second-order valence-electron chi connectivity index (χ2n) is 6.09. The van der Waals surface area contributed by atoms with Crippen molar-refractivity contribution in [3.63, 3.8) is 0 Å². The molecule has 1 heterocycles. The molecule has 7 heteroatoms. The molecule has 0 unspecified atom stereocenters. The van der Waals surface area contributed by atoms with Gasteiger partial charge in [-0.15, -0.1) is 0 Å². The van der Waals surface area contributed by atoms with Gasteiger partial charge in [-0.25, -0.2) is 13.1 Å². The highest BCUT2D eigenvalue weighted by Gasteiger charge is 2.28. The quantitative estimate of drug-likeness (QED) is 0.933. The molecule has 6 nitrogen and oxygen atoms in total. The number of hydrogen-bond donors (Lipinski definition) is 1. The monoisotopic (exact) mass is 331 g/mol. The van der Waals surface area contributed by atoms with E-state index in [-0.39, 0.29) is 10.7 Å². The van der Waals surface area contributed by atoms with Crippen LogP contribution in [0.2, 0.25) is 0 Å². The molecular weight excluding hydrogens is 314 g/mol. The zero-order valence-corrected chi connectivity index (χ0v) is 13.3. The van der Waals surface area contributed by atoms with Crippen molar-refractivity contribution in [1.82, 2.24) is 9.78 Å². The molecule has 0 saturated heterocycles. The number of nitrogens with zero attached hydrogens (tertiary/aromatic N) is 2. The fourth-order valence-corrected chi connectivity index (χ4v) is 4.09.